The fourth-order valence-electron chi connectivity index (χ4n) is 2.66. The SMILES string of the molecule is CC(C1CC1)N1CCC(OCCCN)CC1. The van der Waals surface area contributed by atoms with Gasteiger partial charge in [-0.3, -0.25) is 0 Å². The fourth-order valence-corrected chi connectivity index (χ4v) is 2.66. The Bertz CT molecular complexity index is 198. The van der Waals surface area contributed by atoms with E-state index in [2.05, 4.69) is 11.8 Å². The van der Waals surface area contributed by atoms with Crippen LogP contribution in [0.15, 0.2) is 0 Å². The van der Waals surface area contributed by atoms with Gasteiger partial charge in [0, 0.05) is 25.7 Å². The maximum Gasteiger partial charge on any atom is 0.0599 e. The van der Waals surface area contributed by atoms with Gasteiger partial charge in [-0.05, 0) is 51.5 Å². The van der Waals surface area contributed by atoms with E-state index in [0.29, 0.717) is 6.10 Å². The second kappa shape index (κ2) is 5.99. The first-order chi connectivity index (χ1) is 7.81. The Kier molecular flexibility index (Phi) is 4.62. The highest BCUT2D eigenvalue weighted by Crippen LogP contribution is 2.36. The van der Waals surface area contributed by atoms with Gasteiger partial charge in [0.1, 0.15) is 0 Å². The molecule has 0 spiro atoms. The van der Waals surface area contributed by atoms with Crippen LogP contribution in [0.5, 0.6) is 0 Å². The molecule has 1 saturated heterocycles. The molecule has 0 aromatic rings. The Morgan fingerprint density at radius 2 is 1.94 bits per heavy atom. The zero-order valence-electron chi connectivity index (χ0n) is 10.5. The minimum atomic E-state index is 0.495. The number of likely N-dealkylation sites (tertiary alicyclic amines) is 1. The average Bonchev–Trinajstić information content (AvgIpc) is 3.13. The van der Waals surface area contributed by atoms with E-state index in [1.807, 2.05) is 0 Å². The molecule has 1 heterocycles. The van der Waals surface area contributed by atoms with Crippen molar-refractivity contribution in [2.24, 2.45) is 11.7 Å². The van der Waals surface area contributed by atoms with E-state index in [4.69, 9.17) is 10.5 Å². The molecule has 2 aliphatic rings. The summed E-state index contributed by atoms with van der Waals surface area (Å²) in [4.78, 5) is 2.65. The van der Waals surface area contributed by atoms with Gasteiger partial charge in [0.2, 0.25) is 0 Å². The van der Waals surface area contributed by atoms with Gasteiger partial charge in [0.05, 0.1) is 6.10 Å². The van der Waals surface area contributed by atoms with E-state index in [1.54, 1.807) is 0 Å². The maximum atomic E-state index is 5.82. The second-order valence-electron chi connectivity index (χ2n) is 5.33. The first-order valence-electron chi connectivity index (χ1n) is 6.87. The Balaban J connectivity index is 1.62. The molecule has 0 bridgehead atoms. The average molecular weight is 226 g/mol. The van der Waals surface area contributed by atoms with Crippen molar-refractivity contribution in [2.45, 2.75) is 51.2 Å². The van der Waals surface area contributed by atoms with Crippen LogP contribution < -0.4 is 5.73 Å². The molecule has 1 unspecified atom stereocenters. The van der Waals surface area contributed by atoms with E-state index in [-0.39, 0.29) is 0 Å². The van der Waals surface area contributed by atoms with Crippen molar-refractivity contribution in [3.63, 3.8) is 0 Å². The summed E-state index contributed by atoms with van der Waals surface area (Å²) in [5.41, 5.74) is 5.46. The first-order valence-corrected chi connectivity index (χ1v) is 6.87. The quantitative estimate of drug-likeness (QED) is 0.699. The molecule has 94 valence electrons. The van der Waals surface area contributed by atoms with Crippen molar-refractivity contribution in [3.8, 4) is 0 Å². The predicted octanol–water partition coefficient (Wildman–Crippen LogP) is 1.61. The molecule has 0 aromatic heterocycles. The van der Waals surface area contributed by atoms with Crippen LogP contribution in [-0.4, -0.2) is 43.3 Å². The zero-order valence-corrected chi connectivity index (χ0v) is 10.5. The first kappa shape index (κ1) is 12.3. The van der Waals surface area contributed by atoms with Crippen LogP contribution in [0.25, 0.3) is 0 Å². The summed E-state index contributed by atoms with van der Waals surface area (Å²) in [6, 6.07) is 0.810. The summed E-state index contributed by atoms with van der Waals surface area (Å²) in [5, 5.41) is 0. The smallest absolute Gasteiger partial charge is 0.0599 e. The number of rotatable bonds is 6. The summed E-state index contributed by atoms with van der Waals surface area (Å²) in [6.45, 7) is 6.44. The molecule has 0 radical (unpaired) electrons. The van der Waals surface area contributed by atoms with Crippen LogP contribution in [0.4, 0.5) is 0 Å². The van der Waals surface area contributed by atoms with Gasteiger partial charge in [-0.1, -0.05) is 0 Å². The van der Waals surface area contributed by atoms with Gasteiger partial charge < -0.3 is 15.4 Å². The standard InChI is InChI=1S/C13H26N2O/c1-11(12-3-4-12)15-8-5-13(6-9-15)16-10-2-7-14/h11-13H,2-10,14H2,1H3. The summed E-state index contributed by atoms with van der Waals surface area (Å²) < 4.78 is 5.82. The number of nitrogens with zero attached hydrogens (tertiary/aromatic N) is 1. The van der Waals surface area contributed by atoms with E-state index >= 15 is 0 Å². The van der Waals surface area contributed by atoms with Gasteiger partial charge in [-0.25, -0.2) is 0 Å². The third-order valence-electron chi connectivity index (χ3n) is 4.06. The molecule has 3 heteroatoms. The maximum absolute atomic E-state index is 5.82. The molecule has 0 amide bonds. The van der Waals surface area contributed by atoms with Crippen molar-refractivity contribution in [1.29, 1.82) is 0 Å². The molecule has 0 aromatic carbocycles. The lowest BCUT2D eigenvalue weighted by atomic mass is 10.0. The summed E-state index contributed by atoms with van der Waals surface area (Å²) in [6.07, 6.45) is 6.82. The molecular formula is C13H26N2O. The normalized spacial score (nSPS) is 25.9. The number of piperidine rings is 1. The topological polar surface area (TPSA) is 38.5 Å². The monoisotopic (exact) mass is 226 g/mol. The highest BCUT2D eigenvalue weighted by Gasteiger charge is 2.33. The Morgan fingerprint density at radius 1 is 1.25 bits per heavy atom. The molecule has 16 heavy (non-hydrogen) atoms. The van der Waals surface area contributed by atoms with Crippen LogP contribution in [0.3, 0.4) is 0 Å². The molecule has 1 atom stereocenters. The lowest BCUT2D eigenvalue weighted by Crippen LogP contribution is -2.43. The zero-order chi connectivity index (χ0) is 11.4. The van der Waals surface area contributed by atoms with E-state index < -0.39 is 0 Å². The largest absolute Gasteiger partial charge is 0.378 e. The molecule has 2 N–H and O–H groups in total. The third kappa shape index (κ3) is 3.44. The Labute approximate surface area is 99.3 Å². The summed E-state index contributed by atoms with van der Waals surface area (Å²) >= 11 is 0. The molecule has 2 rings (SSSR count). The highest BCUT2D eigenvalue weighted by molar-refractivity contribution is 4.87. The van der Waals surface area contributed by atoms with Gasteiger partial charge in [-0.2, -0.15) is 0 Å². The van der Waals surface area contributed by atoms with E-state index in [9.17, 15) is 0 Å². The lowest BCUT2D eigenvalue weighted by molar-refractivity contribution is -0.00254. The predicted molar refractivity (Wildman–Crippen MR) is 66.4 cm³/mol. The van der Waals surface area contributed by atoms with Crippen LogP contribution in [-0.2, 0) is 4.74 Å². The molecule has 2 fully saturated rings. The van der Waals surface area contributed by atoms with E-state index in [0.717, 1.165) is 31.5 Å². The second-order valence-corrected chi connectivity index (χ2v) is 5.33. The number of hydrogen-bond acceptors (Lipinski definition) is 3. The van der Waals surface area contributed by atoms with Gasteiger partial charge in [-0.15, -0.1) is 0 Å². The number of nitrogens with two attached hydrogens (primary N) is 1. The van der Waals surface area contributed by atoms with Gasteiger partial charge in [0.15, 0.2) is 0 Å². The van der Waals surface area contributed by atoms with Gasteiger partial charge >= 0.3 is 0 Å². The van der Waals surface area contributed by atoms with Crippen molar-refractivity contribution >= 4 is 0 Å². The molecule has 1 saturated carbocycles. The van der Waals surface area contributed by atoms with Crippen molar-refractivity contribution in [2.75, 3.05) is 26.2 Å². The van der Waals surface area contributed by atoms with E-state index in [1.165, 1.54) is 38.8 Å². The van der Waals surface area contributed by atoms with Crippen molar-refractivity contribution in [3.05, 3.63) is 0 Å². The fraction of sp³-hybridized carbons (Fsp3) is 1.00. The van der Waals surface area contributed by atoms with Crippen LogP contribution in [0.2, 0.25) is 0 Å². The van der Waals surface area contributed by atoms with Crippen LogP contribution in [0.1, 0.15) is 39.0 Å². The Morgan fingerprint density at radius 3 is 2.50 bits per heavy atom. The van der Waals surface area contributed by atoms with Gasteiger partial charge in [0.25, 0.3) is 0 Å². The van der Waals surface area contributed by atoms with Crippen LogP contribution in [0, 0.1) is 5.92 Å². The van der Waals surface area contributed by atoms with Crippen molar-refractivity contribution in [1.82, 2.24) is 4.90 Å². The molecule has 1 aliphatic heterocycles. The third-order valence-corrected chi connectivity index (χ3v) is 4.06. The van der Waals surface area contributed by atoms with Crippen molar-refractivity contribution < 1.29 is 4.74 Å². The molecule has 1 aliphatic carbocycles. The Hall–Kier alpha value is -0.120. The lowest BCUT2D eigenvalue weighted by Gasteiger charge is -2.36. The number of ether oxygens (including phenoxy) is 1. The molecule has 3 nitrogen and oxygen atoms in total. The minimum absolute atomic E-state index is 0.495. The highest BCUT2D eigenvalue weighted by atomic mass is 16.5. The summed E-state index contributed by atoms with van der Waals surface area (Å²) in [5.74, 6) is 0.995. The van der Waals surface area contributed by atoms with Crippen LogP contribution >= 0.6 is 0 Å². The number of hydrogen-bond donors (Lipinski definition) is 1. The summed E-state index contributed by atoms with van der Waals surface area (Å²) in [7, 11) is 0. The minimum Gasteiger partial charge on any atom is -0.378 e. The molecular weight excluding hydrogens is 200 g/mol.